The molecule has 2 fully saturated rings. The highest BCUT2D eigenvalue weighted by Crippen LogP contribution is 2.39. The van der Waals surface area contributed by atoms with Gasteiger partial charge in [-0.3, -0.25) is 19.3 Å². The van der Waals surface area contributed by atoms with Crippen LogP contribution in [0.1, 0.15) is 39.1 Å². The van der Waals surface area contributed by atoms with Gasteiger partial charge in [0, 0.05) is 50.7 Å². The van der Waals surface area contributed by atoms with Crippen LogP contribution in [0.5, 0.6) is 5.75 Å². The van der Waals surface area contributed by atoms with E-state index in [4.69, 9.17) is 9.47 Å². The van der Waals surface area contributed by atoms with Gasteiger partial charge in [0.15, 0.2) is 0 Å². The van der Waals surface area contributed by atoms with E-state index in [9.17, 15) is 14.4 Å². The SMILES string of the molecule is COc1ccc(C(=O)N2CCC3(CC2)OCC(C(=O)N(C)Cc2ccccc2)N3C(=O)c2ccccc2)cc1. The zero-order chi connectivity index (χ0) is 27.4. The van der Waals surface area contributed by atoms with Gasteiger partial charge < -0.3 is 19.3 Å². The summed E-state index contributed by atoms with van der Waals surface area (Å²) >= 11 is 0. The molecule has 3 aromatic rings. The molecule has 8 nitrogen and oxygen atoms in total. The van der Waals surface area contributed by atoms with Gasteiger partial charge in [-0.2, -0.15) is 0 Å². The van der Waals surface area contributed by atoms with Crippen LogP contribution >= 0.6 is 0 Å². The standard InChI is InChI=1S/C31H33N3O5/c1-32(21-23-9-5-3-6-10-23)30(37)27-22-39-31(34(27)29(36)24-11-7-4-8-12-24)17-19-33(20-18-31)28(35)25-13-15-26(38-2)16-14-25/h3-16,27H,17-22H2,1-2H3. The molecule has 202 valence electrons. The summed E-state index contributed by atoms with van der Waals surface area (Å²) in [5, 5.41) is 0. The van der Waals surface area contributed by atoms with E-state index >= 15 is 0 Å². The van der Waals surface area contributed by atoms with E-state index in [1.165, 1.54) is 0 Å². The molecular formula is C31H33N3O5. The Kier molecular flexibility index (Phi) is 7.65. The number of hydrogen-bond donors (Lipinski definition) is 0. The first-order chi connectivity index (χ1) is 18.9. The van der Waals surface area contributed by atoms with Gasteiger partial charge in [0.05, 0.1) is 13.7 Å². The monoisotopic (exact) mass is 527 g/mol. The second-order valence-corrected chi connectivity index (χ2v) is 10.0. The Balaban J connectivity index is 1.36. The van der Waals surface area contributed by atoms with Gasteiger partial charge in [-0.25, -0.2) is 0 Å². The van der Waals surface area contributed by atoms with E-state index in [2.05, 4.69) is 0 Å². The van der Waals surface area contributed by atoms with Crippen molar-refractivity contribution in [2.45, 2.75) is 31.2 Å². The summed E-state index contributed by atoms with van der Waals surface area (Å²) < 4.78 is 11.5. The molecule has 1 spiro atoms. The molecule has 0 radical (unpaired) electrons. The Hall–Kier alpha value is -4.17. The fraction of sp³-hybridized carbons (Fsp3) is 0.323. The van der Waals surface area contributed by atoms with Crippen LogP contribution in [0, 0.1) is 0 Å². The first-order valence-electron chi connectivity index (χ1n) is 13.2. The normalized spacial score (nSPS) is 18.2. The van der Waals surface area contributed by atoms with Crippen LogP contribution in [-0.2, 0) is 16.1 Å². The molecule has 3 amide bonds. The predicted molar refractivity (Wildman–Crippen MR) is 146 cm³/mol. The van der Waals surface area contributed by atoms with Gasteiger partial charge in [-0.1, -0.05) is 48.5 Å². The topological polar surface area (TPSA) is 79.4 Å². The first-order valence-corrected chi connectivity index (χ1v) is 13.2. The van der Waals surface area contributed by atoms with Gasteiger partial charge in [0.1, 0.15) is 17.5 Å². The molecule has 39 heavy (non-hydrogen) atoms. The zero-order valence-corrected chi connectivity index (χ0v) is 22.3. The number of piperidine rings is 1. The number of carbonyl (C=O) groups is 3. The van der Waals surface area contributed by atoms with Crippen LogP contribution in [-0.4, -0.2) is 78.0 Å². The van der Waals surface area contributed by atoms with Crippen LogP contribution < -0.4 is 4.74 Å². The molecule has 1 atom stereocenters. The molecule has 8 heteroatoms. The molecule has 3 aromatic carbocycles. The number of carbonyl (C=O) groups excluding carboxylic acids is 3. The fourth-order valence-corrected chi connectivity index (χ4v) is 5.44. The molecule has 5 rings (SSSR count). The van der Waals surface area contributed by atoms with Crippen molar-refractivity contribution in [1.29, 1.82) is 0 Å². The third-order valence-corrected chi connectivity index (χ3v) is 7.59. The fourth-order valence-electron chi connectivity index (χ4n) is 5.44. The number of amides is 3. The van der Waals surface area contributed by atoms with Crippen molar-refractivity contribution >= 4 is 17.7 Å². The minimum absolute atomic E-state index is 0.0818. The third kappa shape index (κ3) is 5.38. The molecule has 0 aromatic heterocycles. The Morgan fingerprint density at radius 1 is 0.872 bits per heavy atom. The molecular weight excluding hydrogens is 494 g/mol. The lowest BCUT2D eigenvalue weighted by Crippen LogP contribution is -2.59. The quantitative estimate of drug-likeness (QED) is 0.487. The summed E-state index contributed by atoms with van der Waals surface area (Å²) in [6, 6.07) is 25.0. The number of rotatable bonds is 6. The van der Waals surface area contributed by atoms with Crippen LogP contribution in [0.2, 0.25) is 0 Å². The van der Waals surface area contributed by atoms with E-state index in [0.717, 1.165) is 5.56 Å². The molecule has 2 saturated heterocycles. The summed E-state index contributed by atoms with van der Waals surface area (Å²) in [6.45, 7) is 1.36. The molecule has 0 N–H and O–H groups in total. The lowest BCUT2D eigenvalue weighted by molar-refractivity contribution is -0.137. The molecule has 0 aliphatic carbocycles. The van der Waals surface area contributed by atoms with Crippen molar-refractivity contribution < 1.29 is 23.9 Å². The molecule has 2 aliphatic rings. The summed E-state index contributed by atoms with van der Waals surface area (Å²) in [5.74, 6) is 0.194. The van der Waals surface area contributed by atoms with Crippen LogP contribution in [0.3, 0.4) is 0 Å². The van der Waals surface area contributed by atoms with Crippen molar-refractivity contribution in [3.8, 4) is 5.75 Å². The van der Waals surface area contributed by atoms with Crippen LogP contribution in [0.15, 0.2) is 84.9 Å². The Bertz CT molecular complexity index is 1310. The maximum atomic E-state index is 13.9. The maximum Gasteiger partial charge on any atom is 0.256 e. The van der Waals surface area contributed by atoms with Crippen molar-refractivity contribution in [2.75, 3.05) is 33.9 Å². The van der Waals surface area contributed by atoms with E-state index in [0.29, 0.717) is 49.4 Å². The number of ether oxygens (including phenoxy) is 2. The summed E-state index contributed by atoms with van der Waals surface area (Å²) in [5.41, 5.74) is 1.13. The minimum atomic E-state index is -0.961. The van der Waals surface area contributed by atoms with E-state index in [1.807, 2.05) is 48.5 Å². The average Bonchev–Trinajstić information content (AvgIpc) is 3.35. The van der Waals surface area contributed by atoms with Crippen LogP contribution in [0.4, 0.5) is 0 Å². The van der Waals surface area contributed by atoms with Gasteiger partial charge in [-0.15, -0.1) is 0 Å². The second-order valence-electron chi connectivity index (χ2n) is 10.0. The Morgan fingerprint density at radius 2 is 1.46 bits per heavy atom. The number of hydrogen-bond acceptors (Lipinski definition) is 5. The number of benzene rings is 3. The number of nitrogens with zero attached hydrogens (tertiary/aromatic N) is 3. The second kappa shape index (κ2) is 11.3. The number of likely N-dealkylation sites (N-methyl/N-ethyl adjacent to an activating group) is 1. The van der Waals surface area contributed by atoms with Crippen molar-refractivity contribution in [2.24, 2.45) is 0 Å². The molecule has 0 saturated carbocycles. The average molecular weight is 528 g/mol. The Morgan fingerprint density at radius 3 is 2.08 bits per heavy atom. The van der Waals surface area contributed by atoms with Crippen molar-refractivity contribution in [3.05, 3.63) is 102 Å². The summed E-state index contributed by atoms with van der Waals surface area (Å²) in [6.07, 6.45) is 0.833. The van der Waals surface area contributed by atoms with Gasteiger partial charge in [-0.05, 0) is 42.0 Å². The molecule has 2 aliphatic heterocycles. The largest absolute Gasteiger partial charge is 0.497 e. The van der Waals surface area contributed by atoms with Crippen molar-refractivity contribution in [1.82, 2.24) is 14.7 Å². The van der Waals surface area contributed by atoms with Gasteiger partial charge in [0.25, 0.3) is 11.8 Å². The zero-order valence-electron chi connectivity index (χ0n) is 22.3. The summed E-state index contributed by atoms with van der Waals surface area (Å²) in [4.78, 5) is 45.8. The Labute approximate surface area is 228 Å². The van der Waals surface area contributed by atoms with Crippen molar-refractivity contribution in [3.63, 3.8) is 0 Å². The van der Waals surface area contributed by atoms with Gasteiger partial charge >= 0.3 is 0 Å². The lowest BCUT2D eigenvalue weighted by atomic mass is 9.96. The van der Waals surface area contributed by atoms with Crippen LogP contribution in [0.25, 0.3) is 0 Å². The lowest BCUT2D eigenvalue weighted by Gasteiger charge is -2.44. The highest BCUT2D eigenvalue weighted by atomic mass is 16.5. The maximum absolute atomic E-state index is 13.9. The highest BCUT2D eigenvalue weighted by molar-refractivity contribution is 5.98. The van der Waals surface area contributed by atoms with E-state index < -0.39 is 11.8 Å². The minimum Gasteiger partial charge on any atom is -0.497 e. The number of likely N-dealkylation sites (tertiary alicyclic amines) is 1. The van der Waals surface area contributed by atoms with Gasteiger partial charge in [0.2, 0.25) is 5.91 Å². The molecule has 2 heterocycles. The molecule has 1 unspecified atom stereocenters. The smallest absolute Gasteiger partial charge is 0.256 e. The van der Waals surface area contributed by atoms with E-state index in [-0.39, 0.29) is 24.3 Å². The predicted octanol–water partition coefficient (Wildman–Crippen LogP) is 3.83. The summed E-state index contributed by atoms with van der Waals surface area (Å²) in [7, 11) is 3.34. The number of methoxy groups -OCH3 is 1. The molecule has 0 bridgehead atoms. The third-order valence-electron chi connectivity index (χ3n) is 7.59. The first kappa shape index (κ1) is 26.4. The highest BCUT2D eigenvalue weighted by Gasteiger charge is 2.54. The van der Waals surface area contributed by atoms with E-state index in [1.54, 1.807) is 65.3 Å².